The van der Waals surface area contributed by atoms with Crippen LogP contribution in [-0.4, -0.2) is 30.1 Å². The summed E-state index contributed by atoms with van der Waals surface area (Å²) in [4.78, 5) is 32.0. The van der Waals surface area contributed by atoms with Gasteiger partial charge in [0.25, 0.3) is 10.0 Å². The molecule has 0 saturated carbocycles. The summed E-state index contributed by atoms with van der Waals surface area (Å²) in [5.74, 6) is -1.06. The van der Waals surface area contributed by atoms with Crippen LogP contribution < -0.4 is 10.5 Å². The number of Topliss-reactive ketones (excluding diaryl/α,β-unsaturated/α-hetero) is 1. The topological polar surface area (TPSA) is 132 Å². The average Bonchev–Trinajstić information content (AvgIpc) is 2.68. The quantitative estimate of drug-likeness (QED) is 0.558. The molecular weight excluding hydrogens is 428 g/mol. The molecule has 1 aromatic heterocycles. The molecule has 3 aromatic rings. The lowest BCUT2D eigenvalue weighted by Crippen LogP contribution is -2.28. The van der Waals surface area contributed by atoms with Crippen LogP contribution >= 0.6 is 11.6 Å². The molecule has 0 saturated heterocycles. The Kier molecular flexibility index (Phi) is 6.14. The molecule has 30 heavy (non-hydrogen) atoms. The summed E-state index contributed by atoms with van der Waals surface area (Å²) in [6.07, 6.45) is 1.42. The molecule has 0 bridgehead atoms. The van der Waals surface area contributed by atoms with E-state index in [2.05, 4.69) is 9.97 Å². The number of aromatic nitrogens is 2. The smallest absolute Gasteiger partial charge is 0.264 e. The van der Waals surface area contributed by atoms with Crippen molar-refractivity contribution >= 4 is 39.1 Å². The molecule has 10 heteroatoms. The third-order valence-corrected chi connectivity index (χ3v) is 5.78. The Balaban J connectivity index is 1.81. The molecule has 8 nitrogen and oxygen atoms in total. The summed E-state index contributed by atoms with van der Waals surface area (Å²) in [7, 11) is -3.94. The van der Waals surface area contributed by atoms with Gasteiger partial charge in [-0.25, -0.2) is 23.1 Å². The average molecular weight is 445 g/mol. The first kappa shape index (κ1) is 21.4. The van der Waals surface area contributed by atoms with E-state index in [9.17, 15) is 18.0 Å². The van der Waals surface area contributed by atoms with Crippen molar-refractivity contribution < 1.29 is 18.0 Å². The second-order valence-electron chi connectivity index (χ2n) is 6.40. The fourth-order valence-corrected chi connectivity index (χ4v) is 3.78. The molecule has 3 N–H and O–H groups in total. The van der Waals surface area contributed by atoms with E-state index in [1.165, 1.54) is 30.5 Å². The van der Waals surface area contributed by atoms with E-state index in [0.29, 0.717) is 16.3 Å². The number of halogens is 1. The molecule has 0 spiro atoms. The number of carbonyl (C=O) groups is 2. The summed E-state index contributed by atoms with van der Waals surface area (Å²) >= 11 is 5.89. The van der Waals surface area contributed by atoms with Gasteiger partial charge in [0.2, 0.25) is 5.91 Å². The van der Waals surface area contributed by atoms with Crippen LogP contribution in [0.15, 0.2) is 59.6 Å². The van der Waals surface area contributed by atoms with Crippen LogP contribution in [0.4, 0.5) is 5.82 Å². The number of nitrogen functional groups attached to an aromatic ring is 1. The number of nitrogens with two attached hydrogens (primary N) is 1. The van der Waals surface area contributed by atoms with E-state index in [-0.39, 0.29) is 28.6 Å². The number of amides is 1. The lowest BCUT2D eigenvalue weighted by Gasteiger charge is -2.08. The van der Waals surface area contributed by atoms with Gasteiger partial charge < -0.3 is 5.73 Å². The van der Waals surface area contributed by atoms with Crippen LogP contribution in [0.1, 0.15) is 23.0 Å². The summed E-state index contributed by atoms with van der Waals surface area (Å²) in [5, 5.41) is 0.572. The lowest BCUT2D eigenvalue weighted by molar-refractivity contribution is -0.117. The minimum absolute atomic E-state index is 0.00238. The summed E-state index contributed by atoms with van der Waals surface area (Å²) in [5.41, 5.74) is 7.62. The van der Waals surface area contributed by atoms with Gasteiger partial charge in [0.05, 0.1) is 16.8 Å². The van der Waals surface area contributed by atoms with Crippen LogP contribution in [0.25, 0.3) is 11.3 Å². The van der Waals surface area contributed by atoms with E-state index in [4.69, 9.17) is 17.3 Å². The maximum absolute atomic E-state index is 12.7. The highest BCUT2D eigenvalue weighted by Gasteiger charge is 2.18. The van der Waals surface area contributed by atoms with Crippen LogP contribution in [0.3, 0.4) is 0 Å². The molecule has 0 radical (unpaired) electrons. The Morgan fingerprint density at radius 2 is 1.70 bits per heavy atom. The van der Waals surface area contributed by atoms with Crippen molar-refractivity contribution in [2.75, 3.05) is 5.73 Å². The van der Waals surface area contributed by atoms with Crippen molar-refractivity contribution in [3.8, 4) is 11.3 Å². The van der Waals surface area contributed by atoms with Gasteiger partial charge in [0, 0.05) is 23.9 Å². The second kappa shape index (κ2) is 8.60. The summed E-state index contributed by atoms with van der Waals surface area (Å²) < 4.78 is 25.9. The minimum atomic E-state index is -3.94. The van der Waals surface area contributed by atoms with Gasteiger partial charge in [-0.2, -0.15) is 0 Å². The number of rotatable bonds is 6. The summed E-state index contributed by atoms with van der Waals surface area (Å²) in [6, 6.07) is 12.5. The number of benzene rings is 2. The predicted octanol–water partition coefficient (Wildman–Crippen LogP) is 2.63. The number of sulfonamides is 1. The number of nitrogens with one attached hydrogen (secondary N) is 1. The van der Waals surface area contributed by atoms with Crippen molar-refractivity contribution in [1.82, 2.24) is 14.7 Å². The lowest BCUT2D eigenvalue weighted by atomic mass is 10.1. The third-order valence-electron chi connectivity index (χ3n) is 4.08. The fraction of sp³-hybridized carbons (Fsp3) is 0.100. The Morgan fingerprint density at radius 3 is 2.30 bits per heavy atom. The van der Waals surface area contributed by atoms with E-state index >= 15 is 0 Å². The molecule has 3 rings (SSSR count). The molecule has 0 aliphatic rings. The maximum atomic E-state index is 12.7. The summed E-state index contributed by atoms with van der Waals surface area (Å²) in [6.45, 7) is 1.11. The number of nitrogens with zero attached hydrogens (tertiary/aromatic N) is 2. The van der Waals surface area contributed by atoms with Crippen molar-refractivity contribution in [1.29, 1.82) is 0 Å². The first-order chi connectivity index (χ1) is 14.2. The zero-order valence-electron chi connectivity index (χ0n) is 15.8. The fourth-order valence-electron chi connectivity index (χ4n) is 2.67. The SMILES string of the molecule is CC(=O)NS(=O)(=O)c1ccc(CC(=O)c2nc(-c3ccc(Cl)cc3)cnc2N)cc1. The molecule has 1 heterocycles. The molecular formula is C20H17ClN4O4S. The highest BCUT2D eigenvalue weighted by Crippen LogP contribution is 2.21. The van der Waals surface area contributed by atoms with Crippen molar-refractivity contribution in [2.45, 2.75) is 18.2 Å². The van der Waals surface area contributed by atoms with E-state index < -0.39 is 15.9 Å². The van der Waals surface area contributed by atoms with Crippen molar-refractivity contribution in [3.05, 3.63) is 71.0 Å². The van der Waals surface area contributed by atoms with Gasteiger partial charge in [0.1, 0.15) is 5.69 Å². The number of ketones is 1. The molecule has 0 atom stereocenters. The number of carbonyl (C=O) groups excluding carboxylic acids is 2. The maximum Gasteiger partial charge on any atom is 0.264 e. The number of hydrogen-bond acceptors (Lipinski definition) is 7. The van der Waals surface area contributed by atoms with Gasteiger partial charge in [-0.3, -0.25) is 9.59 Å². The van der Waals surface area contributed by atoms with Crippen LogP contribution in [0.5, 0.6) is 0 Å². The predicted molar refractivity (Wildman–Crippen MR) is 112 cm³/mol. The first-order valence-electron chi connectivity index (χ1n) is 8.70. The van der Waals surface area contributed by atoms with E-state index in [0.717, 1.165) is 12.5 Å². The molecule has 2 aromatic carbocycles. The monoisotopic (exact) mass is 444 g/mol. The number of hydrogen-bond donors (Lipinski definition) is 2. The normalized spacial score (nSPS) is 11.1. The Morgan fingerprint density at radius 1 is 1.07 bits per heavy atom. The Labute approximate surface area is 178 Å². The van der Waals surface area contributed by atoms with Gasteiger partial charge in [-0.15, -0.1) is 0 Å². The van der Waals surface area contributed by atoms with Gasteiger partial charge in [0.15, 0.2) is 11.6 Å². The van der Waals surface area contributed by atoms with Crippen molar-refractivity contribution in [2.24, 2.45) is 0 Å². The largest absolute Gasteiger partial charge is 0.382 e. The minimum Gasteiger partial charge on any atom is -0.382 e. The first-order valence-corrected chi connectivity index (χ1v) is 10.6. The zero-order valence-corrected chi connectivity index (χ0v) is 17.4. The van der Waals surface area contributed by atoms with Crippen molar-refractivity contribution in [3.63, 3.8) is 0 Å². The highest BCUT2D eigenvalue weighted by atomic mass is 35.5. The number of anilines is 1. The van der Waals surface area contributed by atoms with Gasteiger partial charge in [-0.05, 0) is 29.8 Å². The van der Waals surface area contributed by atoms with Gasteiger partial charge in [-0.1, -0.05) is 35.9 Å². The molecule has 1 amide bonds. The van der Waals surface area contributed by atoms with Crippen LogP contribution in [0.2, 0.25) is 5.02 Å². The Bertz CT molecular complexity index is 1210. The molecule has 0 fully saturated rings. The zero-order chi connectivity index (χ0) is 21.9. The molecule has 0 unspecified atom stereocenters. The Hall–Kier alpha value is -3.30. The van der Waals surface area contributed by atoms with Crippen LogP contribution in [-0.2, 0) is 21.2 Å². The van der Waals surface area contributed by atoms with Crippen LogP contribution in [0, 0.1) is 0 Å². The third kappa shape index (κ3) is 5.00. The second-order valence-corrected chi connectivity index (χ2v) is 8.52. The molecule has 154 valence electrons. The highest BCUT2D eigenvalue weighted by molar-refractivity contribution is 7.90. The van der Waals surface area contributed by atoms with Gasteiger partial charge >= 0.3 is 0 Å². The molecule has 0 aliphatic carbocycles. The van der Waals surface area contributed by atoms with E-state index in [1.54, 1.807) is 24.3 Å². The molecule has 0 aliphatic heterocycles. The standard InChI is InChI=1S/C20H17ClN4O4S/c1-12(26)25-30(28,29)16-8-2-13(3-9-16)10-18(27)19-20(22)23-11-17(24-19)14-4-6-15(21)7-5-14/h2-9,11H,10H2,1H3,(H2,22,23)(H,25,26). The van der Waals surface area contributed by atoms with E-state index in [1.807, 2.05) is 4.72 Å².